The molecule has 6 atom stereocenters. The summed E-state index contributed by atoms with van der Waals surface area (Å²) in [6.07, 6.45) is 14.9. The molecule has 3 aliphatic carbocycles. The van der Waals surface area contributed by atoms with Crippen molar-refractivity contribution < 1.29 is 18.3 Å². The first kappa shape index (κ1) is 35.2. The maximum absolute atomic E-state index is 7.05. The molecule has 0 unspecified atom stereocenters. The third kappa shape index (κ3) is 7.89. The molecule has 0 aromatic carbocycles. The summed E-state index contributed by atoms with van der Waals surface area (Å²) in [6.45, 7) is 28.6. The van der Waals surface area contributed by atoms with Crippen molar-refractivity contribution in [1.29, 1.82) is 0 Å². The van der Waals surface area contributed by atoms with Gasteiger partial charge in [-0.05, 0) is 105 Å². The molecule has 3 rings (SSSR count). The molecule has 0 aromatic rings. The van der Waals surface area contributed by atoms with Crippen molar-refractivity contribution in [3.05, 3.63) is 23.3 Å². The molecule has 0 bridgehead atoms. The molecule has 0 heterocycles. The number of hydrogen-bond donors (Lipinski definition) is 0. The van der Waals surface area contributed by atoms with Crippen LogP contribution in [0.1, 0.15) is 107 Å². The van der Waals surface area contributed by atoms with E-state index in [-0.39, 0.29) is 28.6 Å². The van der Waals surface area contributed by atoms with E-state index < -0.39 is 16.6 Å². The first-order valence-corrected chi connectivity index (χ1v) is 22.4. The van der Waals surface area contributed by atoms with Gasteiger partial charge in [0.05, 0.1) is 12.2 Å². The van der Waals surface area contributed by atoms with Gasteiger partial charge in [-0.2, -0.15) is 0 Å². The van der Waals surface area contributed by atoms with Crippen LogP contribution in [0.2, 0.25) is 36.3 Å². The van der Waals surface area contributed by atoms with Gasteiger partial charge in [-0.1, -0.05) is 78.7 Å². The standard InChI is InChI=1S/C35H66O4Si2/c1-25(32(36-9)37-10)30-19-20-31-27(16-15-21-35(30,31)8)18-17-26-22-28(38-40(11,12)33(2,3)4)24-29(23-26)39-41(13,14)34(5,6)7/h17-18,25,28-32H,15-16,19-24H2,1-14H3/t25-,28+,29+,30+,31-,35+/m0/s1. The molecule has 41 heavy (non-hydrogen) atoms. The molecule has 0 saturated heterocycles. The Hall–Kier alpha value is -0.246. The van der Waals surface area contributed by atoms with Gasteiger partial charge < -0.3 is 18.3 Å². The molecule has 0 spiro atoms. The van der Waals surface area contributed by atoms with Gasteiger partial charge in [-0.25, -0.2) is 0 Å². The SMILES string of the molecule is COC(OC)[C@@H](C)[C@H]1CC[C@H]2C(=CC=C3C[C@@H](O[Si](C)(C)C(C)(C)C)C[C@H](O[Si](C)(C)C(C)(C)C)C3)CCC[C@]12C. The highest BCUT2D eigenvalue weighted by molar-refractivity contribution is 6.74. The molecule has 0 N–H and O–H groups in total. The molecule has 4 nitrogen and oxygen atoms in total. The lowest BCUT2D eigenvalue weighted by Gasteiger charge is -2.45. The van der Waals surface area contributed by atoms with E-state index >= 15 is 0 Å². The second-order valence-electron chi connectivity index (χ2n) is 17.0. The Morgan fingerprint density at radius 2 is 1.34 bits per heavy atom. The average molecular weight is 607 g/mol. The van der Waals surface area contributed by atoms with Gasteiger partial charge in [-0.15, -0.1) is 0 Å². The second-order valence-corrected chi connectivity index (χ2v) is 26.5. The summed E-state index contributed by atoms with van der Waals surface area (Å²) in [5.41, 5.74) is 3.51. The van der Waals surface area contributed by atoms with E-state index in [4.69, 9.17) is 18.3 Å². The van der Waals surface area contributed by atoms with Crippen LogP contribution in [0.5, 0.6) is 0 Å². The van der Waals surface area contributed by atoms with Crippen molar-refractivity contribution in [3.63, 3.8) is 0 Å². The first-order valence-electron chi connectivity index (χ1n) is 16.6. The van der Waals surface area contributed by atoms with E-state index in [0.29, 0.717) is 23.2 Å². The van der Waals surface area contributed by atoms with Crippen LogP contribution >= 0.6 is 0 Å². The van der Waals surface area contributed by atoms with Crippen LogP contribution in [-0.4, -0.2) is 49.4 Å². The van der Waals surface area contributed by atoms with Gasteiger partial charge >= 0.3 is 0 Å². The topological polar surface area (TPSA) is 36.9 Å². The Labute approximate surface area is 256 Å². The fourth-order valence-electron chi connectivity index (χ4n) is 7.71. The minimum atomic E-state index is -1.87. The zero-order valence-corrected chi connectivity index (χ0v) is 31.4. The smallest absolute Gasteiger partial charge is 0.192 e. The van der Waals surface area contributed by atoms with Gasteiger partial charge in [0.1, 0.15) is 0 Å². The van der Waals surface area contributed by atoms with Crippen LogP contribution in [0, 0.1) is 23.2 Å². The van der Waals surface area contributed by atoms with Crippen LogP contribution in [0.4, 0.5) is 0 Å². The fraction of sp³-hybridized carbons (Fsp3) is 0.886. The molecular formula is C35H66O4Si2. The van der Waals surface area contributed by atoms with Crippen molar-refractivity contribution in [2.45, 2.75) is 162 Å². The lowest BCUT2D eigenvalue weighted by Crippen LogP contribution is -2.48. The largest absolute Gasteiger partial charge is 0.414 e. The third-order valence-corrected chi connectivity index (χ3v) is 21.2. The second kappa shape index (κ2) is 13.0. The highest BCUT2D eigenvalue weighted by Crippen LogP contribution is 2.60. The van der Waals surface area contributed by atoms with Crippen molar-refractivity contribution >= 4 is 16.6 Å². The molecule has 0 aliphatic heterocycles. The normalized spacial score (nSPS) is 32.0. The van der Waals surface area contributed by atoms with Gasteiger partial charge in [0.25, 0.3) is 0 Å². The molecule has 3 saturated carbocycles. The van der Waals surface area contributed by atoms with E-state index in [1.165, 1.54) is 37.7 Å². The first-order chi connectivity index (χ1) is 18.8. The number of rotatable bonds is 9. The molecule has 238 valence electrons. The minimum Gasteiger partial charge on any atom is -0.414 e. The molecule has 0 radical (unpaired) electrons. The fourth-order valence-corrected chi connectivity index (χ4v) is 10.4. The monoisotopic (exact) mass is 606 g/mol. The molecule has 0 aromatic heterocycles. The Kier molecular flexibility index (Phi) is 11.2. The van der Waals surface area contributed by atoms with Crippen molar-refractivity contribution in [2.24, 2.45) is 23.2 Å². The van der Waals surface area contributed by atoms with Gasteiger partial charge in [0.15, 0.2) is 22.9 Å². The summed E-state index contributed by atoms with van der Waals surface area (Å²) < 4.78 is 25.5. The summed E-state index contributed by atoms with van der Waals surface area (Å²) in [5, 5.41) is 0.416. The zero-order chi connectivity index (χ0) is 31.0. The summed E-state index contributed by atoms with van der Waals surface area (Å²) in [5.74, 6) is 1.70. The lowest BCUT2D eigenvalue weighted by molar-refractivity contribution is -0.155. The van der Waals surface area contributed by atoms with E-state index in [9.17, 15) is 0 Å². The third-order valence-electron chi connectivity index (χ3n) is 12.1. The molecule has 0 amide bonds. The van der Waals surface area contributed by atoms with Crippen LogP contribution in [0.3, 0.4) is 0 Å². The Bertz CT molecular complexity index is 899. The maximum atomic E-state index is 7.05. The Morgan fingerprint density at radius 1 is 0.829 bits per heavy atom. The predicted octanol–water partition coefficient (Wildman–Crippen LogP) is 10.3. The lowest BCUT2D eigenvalue weighted by atomic mass is 9.61. The van der Waals surface area contributed by atoms with Crippen molar-refractivity contribution in [3.8, 4) is 0 Å². The summed E-state index contributed by atoms with van der Waals surface area (Å²) in [4.78, 5) is 0. The number of allylic oxidation sites excluding steroid dienone is 3. The van der Waals surface area contributed by atoms with Crippen molar-refractivity contribution in [2.75, 3.05) is 14.2 Å². The number of ether oxygens (including phenoxy) is 2. The highest BCUT2D eigenvalue weighted by Gasteiger charge is 2.52. The quantitative estimate of drug-likeness (QED) is 0.193. The molecule has 6 heteroatoms. The molecule has 3 aliphatic rings. The van der Waals surface area contributed by atoms with Crippen LogP contribution < -0.4 is 0 Å². The summed E-state index contributed by atoms with van der Waals surface area (Å²) in [7, 11) is -0.175. The van der Waals surface area contributed by atoms with Gasteiger partial charge in [-0.3, -0.25) is 0 Å². The van der Waals surface area contributed by atoms with Gasteiger partial charge in [0.2, 0.25) is 0 Å². The number of methoxy groups -OCH3 is 2. The number of hydrogen-bond acceptors (Lipinski definition) is 4. The maximum Gasteiger partial charge on any atom is 0.192 e. The highest BCUT2D eigenvalue weighted by atomic mass is 28.4. The van der Waals surface area contributed by atoms with Crippen LogP contribution in [0.25, 0.3) is 0 Å². The molecular weight excluding hydrogens is 541 g/mol. The van der Waals surface area contributed by atoms with Crippen LogP contribution in [-0.2, 0) is 18.3 Å². The van der Waals surface area contributed by atoms with E-state index in [0.717, 1.165) is 19.3 Å². The average Bonchev–Trinajstić information content (AvgIpc) is 3.18. The van der Waals surface area contributed by atoms with E-state index in [1.807, 2.05) is 0 Å². The Balaban J connectivity index is 1.86. The predicted molar refractivity (Wildman–Crippen MR) is 179 cm³/mol. The number of fused-ring (bicyclic) bond motifs is 1. The Morgan fingerprint density at radius 3 is 1.80 bits per heavy atom. The molecule has 3 fully saturated rings. The van der Waals surface area contributed by atoms with Crippen molar-refractivity contribution in [1.82, 2.24) is 0 Å². The zero-order valence-electron chi connectivity index (χ0n) is 29.4. The van der Waals surface area contributed by atoms with E-state index in [2.05, 4.69) is 93.7 Å². The summed E-state index contributed by atoms with van der Waals surface area (Å²) in [6, 6.07) is 0. The van der Waals surface area contributed by atoms with Crippen LogP contribution in [0.15, 0.2) is 23.3 Å². The summed E-state index contributed by atoms with van der Waals surface area (Å²) >= 11 is 0. The van der Waals surface area contributed by atoms with E-state index in [1.54, 1.807) is 19.8 Å². The minimum absolute atomic E-state index is 0.120. The van der Waals surface area contributed by atoms with Gasteiger partial charge in [0, 0.05) is 20.1 Å².